The van der Waals surface area contributed by atoms with Crippen LogP contribution >= 0.6 is 11.3 Å². The van der Waals surface area contributed by atoms with E-state index in [1.54, 1.807) is 37.6 Å². The Kier molecular flexibility index (Phi) is 5.11. The Bertz CT molecular complexity index is 1240. The minimum atomic E-state index is -0.462. The summed E-state index contributed by atoms with van der Waals surface area (Å²) in [7, 11) is 3.14. The molecule has 30 heavy (non-hydrogen) atoms. The van der Waals surface area contributed by atoms with Gasteiger partial charge in [0.2, 0.25) is 5.88 Å². The number of carbonyl (C=O) groups is 1. The fourth-order valence-electron chi connectivity index (χ4n) is 2.92. The number of aromatic nitrogens is 4. The number of nitrogens with zero attached hydrogens (tertiary/aromatic N) is 6. The normalized spacial score (nSPS) is 10.9. The number of hydrogen-bond donors (Lipinski definition) is 0. The van der Waals surface area contributed by atoms with Crippen LogP contribution in [-0.2, 0) is 13.6 Å². The van der Waals surface area contributed by atoms with Crippen molar-refractivity contribution in [1.29, 1.82) is 0 Å². The first-order chi connectivity index (χ1) is 14.5. The number of aryl methyl sites for hydroxylation is 1. The summed E-state index contributed by atoms with van der Waals surface area (Å²) >= 11 is 1.19. The van der Waals surface area contributed by atoms with Crippen LogP contribution in [0.1, 0.15) is 16.1 Å². The summed E-state index contributed by atoms with van der Waals surface area (Å²) in [6.07, 6.45) is 3.22. The van der Waals surface area contributed by atoms with Gasteiger partial charge in [0.1, 0.15) is 5.56 Å². The number of nitro benzene ring substituents is 1. The third-order valence-electron chi connectivity index (χ3n) is 4.31. The van der Waals surface area contributed by atoms with Crippen LogP contribution in [0.2, 0.25) is 0 Å². The molecular weight excluding hydrogens is 408 g/mol. The molecule has 0 atom stereocenters. The molecule has 0 spiro atoms. The lowest BCUT2D eigenvalue weighted by atomic mass is 10.2. The summed E-state index contributed by atoms with van der Waals surface area (Å²) in [5.41, 5.74) is 1.48. The lowest BCUT2D eigenvalue weighted by molar-refractivity contribution is -0.384. The number of nitro groups is 1. The van der Waals surface area contributed by atoms with E-state index < -0.39 is 4.92 Å². The Hall–Kier alpha value is -3.86. The number of rotatable bonds is 6. The van der Waals surface area contributed by atoms with Crippen molar-refractivity contribution in [2.45, 2.75) is 6.54 Å². The number of carbonyl (C=O) groups excluding carboxylic acids is 1. The number of pyridine rings is 1. The van der Waals surface area contributed by atoms with Crippen LogP contribution in [0.15, 0.2) is 48.8 Å². The van der Waals surface area contributed by atoms with Gasteiger partial charge in [0.05, 0.1) is 34.5 Å². The van der Waals surface area contributed by atoms with E-state index in [0.29, 0.717) is 21.0 Å². The Morgan fingerprint density at radius 1 is 1.33 bits per heavy atom. The first-order valence-electron chi connectivity index (χ1n) is 8.80. The van der Waals surface area contributed by atoms with E-state index in [1.807, 2.05) is 6.07 Å². The molecule has 0 N–H and O–H groups in total. The third-order valence-corrected chi connectivity index (χ3v) is 5.35. The van der Waals surface area contributed by atoms with Gasteiger partial charge in [-0.1, -0.05) is 17.4 Å². The molecule has 0 unspecified atom stereocenters. The van der Waals surface area contributed by atoms with Crippen LogP contribution in [0, 0.1) is 10.1 Å². The lowest BCUT2D eigenvalue weighted by Gasteiger charge is -2.19. The monoisotopic (exact) mass is 424 g/mol. The topological polar surface area (TPSA) is 116 Å². The first kappa shape index (κ1) is 19.5. The van der Waals surface area contributed by atoms with Crippen LogP contribution in [0.5, 0.6) is 5.88 Å². The molecule has 0 bridgehead atoms. The standard InChI is InChI=1S/C19H16N6O4S/c1-23-11-14(17(22-23)29-2)18(26)24(10-12-5-3-4-8-20-12)19-21-15-7-6-13(25(27)28)9-16(15)30-19/h3-9,11H,10H2,1-2H3. The van der Waals surface area contributed by atoms with Crippen LogP contribution in [0.4, 0.5) is 10.8 Å². The van der Waals surface area contributed by atoms with Gasteiger partial charge in [-0.25, -0.2) is 4.98 Å². The van der Waals surface area contributed by atoms with Gasteiger partial charge in [-0.05, 0) is 18.2 Å². The number of amides is 1. The van der Waals surface area contributed by atoms with Gasteiger partial charge in [-0.15, -0.1) is 5.10 Å². The smallest absolute Gasteiger partial charge is 0.270 e. The molecule has 1 amide bonds. The maximum Gasteiger partial charge on any atom is 0.270 e. The number of anilines is 1. The molecule has 4 aromatic rings. The quantitative estimate of drug-likeness (QED) is 0.345. The molecule has 3 heterocycles. The second kappa shape index (κ2) is 7.87. The molecule has 1 aromatic carbocycles. The molecule has 0 radical (unpaired) electrons. The predicted octanol–water partition coefficient (Wildman–Crippen LogP) is 3.19. The van der Waals surface area contributed by atoms with Gasteiger partial charge in [0.15, 0.2) is 5.13 Å². The van der Waals surface area contributed by atoms with Crippen molar-refractivity contribution in [2.24, 2.45) is 7.05 Å². The number of thiazole rings is 1. The molecule has 0 aliphatic rings. The van der Waals surface area contributed by atoms with Crippen molar-refractivity contribution in [3.63, 3.8) is 0 Å². The summed E-state index contributed by atoms with van der Waals surface area (Å²) in [6.45, 7) is 0.166. The fraction of sp³-hybridized carbons (Fsp3) is 0.158. The molecule has 4 rings (SSSR count). The lowest BCUT2D eigenvalue weighted by Crippen LogP contribution is -2.30. The fourth-order valence-corrected chi connectivity index (χ4v) is 3.92. The average Bonchev–Trinajstić information content (AvgIpc) is 3.34. The number of ether oxygens (including phenoxy) is 1. The summed E-state index contributed by atoms with van der Waals surface area (Å²) in [5, 5.41) is 15.6. The Balaban J connectivity index is 1.79. The minimum Gasteiger partial charge on any atom is -0.479 e. The second-order valence-electron chi connectivity index (χ2n) is 6.34. The number of methoxy groups -OCH3 is 1. The maximum absolute atomic E-state index is 13.4. The number of benzene rings is 1. The van der Waals surface area contributed by atoms with Crippen molar-refractivity contribution in [3.8, 4) is 5.88 Å². The van der Waals surface area contributed by atoms with E-state index in [1.165, 1.54) is 40.2 Å². The molecule has 10 nitrogen and oxygen atoms in total. The molecule has 152 valence electrons. The summed E-state index contributed by atoms with van der Waals surface area (Å²) < 4.78 is 7.34. The van der Waals surface area contributed by atoms with Crippen molar-refractivity contribution in [2.75, 3.05) is 12.0 Å². The predicted molar refractivity (Wildman–Crippen MR) is 111 cm³/mol. The van der Waals surface area contributed by atoms with E-state index in [-0.39, 0.29) is 29.6 Å². The van der Waals surface area contributed by atoms with Gasteiger partial charge in [-0.3, -0.25) is 29.5 Å². The van der Waals surface area contributed by atoms with Gasteiger partial charge in [-0.2, -0.15) is 0 Å². The second-order valence-corrected chi connectivity index (χ2v) is 7.35. The van der Waals surface area contributed by atoms with E-state index in [4.69, 9.17) is 4.74 Å². The molecule has 0 saturated carbocycles. The zero-order valence-corrected chi connectivity index (χ0v) is 16.9. The van der Waals surface area contributed by atoms with E-state index in [2.05, 4.69) is 15.1 Å². The van der Waals surface area contributed by atoms with Crippen molar-refractivity contribution in [3.05, 3.63) is 70.2 Å². The summed E-state index contributed by atoms with van der Waals surface area (Å²) in [6, 6.07) is 9.83. The van der Waals surface area contributed by atoms with Gasteiger partial charge >= 0.3 is 0 Å². The highest BCUT2D eigenvalue weighted by Gasteiger charge is 2.27. The Morgan fingerprint density at radius 3 is 2.87 bits per heavy atom. The SMILES string of the molecule is COc1nn(C)cc1C(=O)N(Cc1ccccn1)c1nc2ccc([N+](=O)[O-])cc2s1. The molecule has 0 aliphatic heterocycles. The van der Waals surface area contributed by atoms with Crippen LogP contribution in [-0.4, -0.2) is 37.7 Å². The highest BCUT2D eigenvalue weighted by molar-refractivity contribution is 7.22. The zero-order chi connectivity index (χ0) is 21.3. The Labute approximate surface area is 174 Å². The highest BCUT2D eigenvalue weighted by atomic mass is 32.1. The zero-order valence-electron chi connectivity index (χ0n) is 16.1. The van der Waals surface area contributed by atoms with Crippen LogP contribution < -0.4 is 9.64 Å². The maximum atomic E-state index is 13.4. The molecule has 11 heteroatoms. The third kappa shape index (κ3) is 3.70. The number of non-ortho nitro benzene ring substituents is 1. The van der Waals surface area contributed by atoms with Gasteiger partial charge in [0.25, 0.3) is 11.6 Å². The van der Waals surface area contributed by atoms with Crippen molar-refractivity contribution in [1.82, 2.24) is 19.7 Å². The molecule has 0 fully saturated rings. The van der Waals surface area contributed by atoms with Crippen LogP contribution in [0.25, 0.3) is 10.2 Å². The van der Waals surface area contributed by atoms with Crippen molar-refractivity contribution >= 4 is 38.3 Å². The summed E-state index contributed by atoms with van der Waals surface area (Å²) in [4.78, 5) is 34.3. The highest BCUT2D eigenvalue weighted by Crippen LogP contribution is 2.33. The van der Waals surface area contributed by atoms with E-state index in [9.17, 15) is 14.9 Å². The number of fused-ring (bicyclic) bond motifs is 1. The molecule has 3 aromatic heterocycles. The molecular formula is C19H16N6O4S. The average molecular weight is 424 g/mol. The molecule has 0 saturated heterocycles. The Morgan fingerprint density at radius 2 is 2.17 bits per heavy atom. The van der Waals surface area contributed by atoms with Gasteiger partial charge < -0.3 is 4.74 Å². The van der Waals surface area contributed by atoms with Crippen molar-refractivity contribution < 1.29 is 14.5 Å². The number of hydrogen-bond acceptors (Lipinski definition) is 8. The summed E-state index contributed by atoms with van der Waals surface area (Å²) in [5.74, 6) is -0.163. The molecule has 0 aliphatic carbocycles. The van der Waals surface area contributed by atoms with Crippen LogP contribution in [0.3, 0.4) is 0 Å². The largest absolute Gasteiger partial charge is 0.479 e. The first-order valence-corrected chi connectivity index (χ1v) is 9.62. The minimum absolute atomic E-state index is 0.0331. The van der Waals surface area contributed by atoms with E-state index in [0.717, 1.165) is 0 Å². The van der Waals surface area contributed by atoms with Gasteiger partial charge in [0, 0.05) is 31.6 Å². The van der Waals surface area contributed by atoms with E-state index >= 15 is 0 Å².